The fourth-order valence-electron chi connectivity index (χ4n) is 11.0. The fourth-order valence-corrected chi connectivity index (χ4v) is 11.0. The molecular weight excluding hydrogens is 875 g/mol. The minimum absolute atomic E-state index is 0.00263. The van der Waals surface area contributed by atoms with E-state index in [-0.39, 0.29) is 55.6 Å². The zero-order valence-corrected chi connectivity index (χ0v) is 42.6. The van der Waals surface area contributed by atoms with Gasteiger partial charge in [-0.2, -0.15) is 0 Å². The Morgan fingerprint density at radius 2 is 1.54 bits per heavy atom. The average Bonchev–Trinajstić information content (AvgIpc) is 3.32. The summed E-state index contributed by atoms with van der Waals surface area (Å²) in [4.78, 5) is 75.9. The van der Waals surface area contributed by atoms with Crippen LogP contribution >= 0.6 is 0 Å². The van der Waals surface area contributed by atoms with Crippen molar-refractivity contribution in [2.45, 2.75) is 173 Å². The molecule has 2 bridgehead atoms. The zero-order chi connectivity index (χ0) is 49.9. The van der Waals surface area contributed by atoms with Crippen LogP contribution in [0.15, 0.2) is 35.5 Å². The third kappa shape index (κ3) is 13.9. The van der Waals surface area contributed by atoms with E-state index in [9.17, 15) is 34.2 Å². The molecule has 0 aromatic carbocycles. The van der Waals surface area contributed by atoms with Crippen LogP contribution < -0.4 is 0 Å². The number of ether oxygens (including phenoxy) is 6. The number of hydrogen-bond donors (Lipinski definition) is 2. The van der Waals surface area contributed by atoms with Crippen LogP contribution in [0.1, 0.15) is 119 Å². The third-order valence-electron chi connectivity index (χ3n) is 15.2. The number of ketones is 2. The van der Waals surface area contributed by atoms with Gasteiger partial charge < -0.3 is 53.3 Å². The zero-order valence-electron chi connectivity index (χ0n) is 42.6. The normalized spacial score (nSPS) is 38.0. The van der Waals surface area contributed by atoms with Gasteiger partial charge in [-0.1, -0.05) is 57.6 Å². The molecule has 2 amide bonds. The molecule has 5 rings (SSSR count). The van der Waals surface area contributed by atoms with E-state index in [0.29, 0.717) is 70.0 Å². The lowest BCUT2D eigenvalue weighted by Crippen LogP contribution is -2.64. The molecule has 16 heteroatoms. The molecule has 4 aliphatic heterocycles. The first-order valence-electron chi connectivity index (χ1n) is 25.2. The van der Waals surface area contributed by atoms with E-state index in [1.165, 1.54) is 19.1 Å². The summed E-state index contributed by atoms with van der Waals surface area (Å²) in [6.45, 7) is 14.1. The van der Waals surface area contributed by atoms with Gasteiger partial charge in [0.15, 0.2) is 0 Å². The lowest BCUT2D eigenvalue weighted by atomic mass is 9.81. The highest BCUT2D eigenvalue weighted by molar-refractivity contribution is 6.39. The number of Topliss-reactive ketones (excluding diaryl/α,β-unsaturated/α-hetero) is 2. The Kier molecular flexibility index (Phi) is 20.8. The first kappa shape index (κ1) is 55.4. The molecule has 68 heavy (non-hydrogen) atoms. The smallest absolute Gasteiger partial charge is 0.410 e. The molecular formula is C52H83N3O13. The molecule has 0 spiro atoms. The Morgan fingerprint density at radius 1 is 0.868 bits per heavy atom. The number of aliphatic hydroxyl groups excluding tert-OH is 1. The molecule has 4 fully saturated rings. The van der Waals surface area contributed by atoms with Crippen LogP contribution in [0, 0.1) is 29.6 Å². The van der Waals surface area contributed by atoms with E-state index >= 15 is 0 Å². The van der Waals surface area contributed by atoms with Gasteiger partial charge in [0.05, 0.1) is 24.4 Å². The van der Waals surface area contributed by atoms with Crippen molar-refractivity contribution in [1.82, 2.24) is 14.7 Å². The molecule has 0 aromatic rings. The highest BCUT2D eigenvalue weighted by Gasteiger charge is 2.56. The fraction of sp³-hybridized carbons (Fsp3) is 0.788. The molecule has 1 aliphatic carbocycles. The summed E-state index contributed by atoms with van der Waals surface area (Å²) in [5, 5.41) is 24.2. The van der Waals surface area contributed by atoms with Crippen molar-refractivity contribution in [3.05, 3.63) is 35.5 Å². The molecule has 5 aliphatic rings. The van der Waals surface area contributed by atoms with Gasteiger partial charge in [-0.3, -0.25) is 14.4 Å². The molecule has 16 nitrogen and oxygen atoms in total. The van der Waals surface area contributed by atoms with Crippen molar-refractivity contribution in [3.8, 4) is 0 Å². The second-order valence-corrected chi connectivity index (χ2v) is 20.5. The second kappa shape index (κ2) is 25.6. The van der Waals surface area contributed by atoms with Crippen molar-refractivity contribution >= 4 is 29.5 Å². The van der Waals surface area contributed by atoms with Crippen LogP contribution in [0.2, 0.25) is 0 Å². The molecule has 14 atom stereocenters. The maximum absolute atomic E-state index is 14.6. The number of rotatable bonds is 9. The van der Waals surface area contributed by atoms with E-state index in [2.05, 4.69) is 11.8 Å². The predicted molar refractivity (Wildman–Crippen MR) is 255 cm³/mol. The number of hydrogen-bond acceptors (Lipinski definition) is 14. The summed E-state index contributed by atoms with van der Waals surface area (Å²) in [6.07, 6.45) is 7.83. The van der Waals surface area contributed by atoms with E-state index < -0.39 is 83.9 Å². The molecule has 0 radical (unpaired) electrons. The second-order valence-electron chi connectivity index (χ2n) is 20.5. The molecule has 384 valence electrons. The largest absolute Gasteiger partial charge is 0.456 e. The van der Waals surface area contributed by atoms with Crippen LogP contribution in [0.4, 0.5) is 4.79 Å². The molecule has 1 saturated carbocycles. The number of fused-ring (bicyclic) bond motifs is 3. The molecule has 4 heterocycles. The van der Waals surface area contributed by atoms with E-state index in [0.717, 1.165) is 25.1 Å². The number of piperazine rings is 1. The number of likely N-dealkylation sites (N-methyl/N-ethyl adjacent to an activating group) is 1. The number of carbonyl (C=O) groups excluding carboxylic acids is 5. The minimum atomic E-state index is -2.53. The summed E-state index contributed by atoms with van der Waals surface area (Å²) in [5.41, 5.74) is 1.62. The monoisotopic (exact) mass is 958 g/mol. The summed E-state index contributed by atoms with van der Waals surface area (Å²) in [6, 6.07) is -1.17. The van der Waals surface area contributed by atoms with Crippen molar-refractivity contribution in [2.24, 2.45) is 29.6 Å². The molecule has 3 saturated heterocycles. The molecule has 0 aromatic heterocycles. The summed E-state index contributed by atoms with van der Waals surface area (Å²) < 4.78 is 36.4. The predicted octanol–water partition coefficient (Wildman–Crippen LogP) is 5.81. The number of esters is 1. The van der Waals surface area contributed by atoms with Gasteiger partial charge in [0.1, 0.15) is 30.1 Å². The molecule has 2 N–H and O–H groups in total. The number of piperidine rings is 1. The molecule has 0 unspecified atom stereocenters. The Hall–Kier alpha value is -3.51. The highest BCUT2D eigenvalue weighted by Crippen LogP contribution is 2.39. The van der Waals surface area contributed by atoms with Crippen molar-refractivity contribution in [2.75, 3.05) is 61.1 Å². The standard InChI is InChI=1S/C52H83N3O13/c1-11-12-13-16-38-26-32(2)25-33(3)27-44(64-9)47-45(65-10)29-35(5)52(62,68-47)48(58)49(59)55-20-15-14-17-39(55)50(60)67-46(36(6)40(56)31-41(38)57)34(4)28-37-18-19-42(43(30-37)63-8)66-51(61)54-23-21-53(7)22-24-54/h12-13,26,28,33,35-40,42-47,56,62H,11,14-25,27,29-31H2,1-10H3/b13-12+,32-26+,34-28+/t33-,35+,36+,37-,38+,39-,40-,42+,43+,44-,45-,46+,47+,52+/m0/s1. The maximum Gasteiger partial charge on any atom is 0.410 e. The van der Waals surface area contributed by atoms with Gasteiger partial charge in [-0.15, -0.1) is 0 Å². The summed E-state index contributed by atoms with van der Waals surface area (Å²) >= 11 is 0. The van der Waals surface area contributed by atoms with Gasteiger partial charge >= 0.3 is 12.1 Å². The summed E-state index contributed by atoms with van der Waals surface area (Å²) in [5.74, 6) is -7.86. The lowest BCUT2D eigenvalue weighted by Gasteiger charge is -2.47. The van der Waals surface area contributed by atoms with Gasteiger partial charge in [0.2, 0.25) is 5.79 Å². The van der Waals surface area contributed by atoms with Gasteiger partial charge in [0.25, 0.3) is 11.7 Å². The lowest BCUT2D eigenvalue weighted by molar-refractivity contribution is -0.302. The highest BCUT2D eigenvalue weighted by atomic mass is 16.7. The number of nitrogens with zero attached hydrogens (tertiary/aromatic N) is 3. The van der Waals surface area contributed by atoms with Gasteiger partial charge in [-0.25, -0.2) is 9.59 Å². The van der Waals surface area contributed by atoms with Crippen LogP contribution in [0.3, 0.4) is 0 Å². The quantitative estimate of drug-likeness (QED) is 0.160. The van der Waals surface area contributed by atoms with E-state index in [1.54, 1.807) is 25.9 Å². The maximum atomic E-state index is 14.6. The van der Waals surface area contributed by atoms with Crippen LogP contribution in [0.5, 0.6) is 0 Å². The van der Waals surface area contributed by atoms with Crippen molar-refractivity contribution < 1.29 is 62.6 Å². The van der Waals surface area contributed by atoms with Crippen LogP contribution in [-0.2, 0) is 47.6 Å². The van der Waals surface area contributed by atoms with Gasteiger partial charge in [0, 0.05) is 78.2 Å². The Bertz CT molecular complexity index is 1810. The minimum Gasteiger partial charge on any atom is -0.456 e. The topological polar surface area (TPSA) is 191 Å². The number of aliphatic hydroxyl groups is 2. The Labute approximate surface area is 405 Å². The third-order valence-corrected chi connectivity index (χ3v) is 15.2. The SMILES string of the molecule is CC/C=C/C[C@@H]1/C=C(\C)C[C@H](C)C[C@H](OC)[C@H]2O[C@@](O)(C(=O)C(=O)N3CCCC[C@H]3C(=O)O[C@H](/C(C)=C/[C@@H]3CC[C@@H](OC(=O)N4CCN(C)CC4)[C@H](OC)C3)[C@H](C)[C@@H](O)CC1=O)[C@H](C)C[C@@H]2OC. The van der Waals surface area contributed by atoms with Crippen LogP contribution in [-0.4, -0.2) is 170 Å². The summed E-state index contributed by atoms with van der Waals surface area (Å²) in [7, 11) is 6.69. The Morgan fingerprint density at radius 3 is 2.21 bits per heavy atom. The first-order chi connectivity index (χ1) is 32.3. The number of cyclic esters (lactones) is 1. The van der Waals surface area contributed by atoms with Crippen LogP contribution in [0.25, 0.3) is 0 Å². The number of amides is 2. The first-order valence-corrected chi connectivity index (χ1v) is 25.2. The van der Waals surface area contributed by atoms with Gasteiger partial charge in [-0.05, 0) is 109 Å². The number of carbonyl (C=O) groups is 5. The van der Waals surface area contributed by atoms with Crippen molar-refractivity contribution in [3.63, 3.8) is 0 Å². The average molecular weight is 958 g/mol. The Balaban J connectivity index is 1.49. The van der Waals surface area contributed by atoms with Crippen molar-refractivity contribution in [1.29, 1.82) is 0 Å². The van der Waals surface area contributed by atoms with E-state index in [4.69, 9.17) is 28.4 Å². The number of allylic oxidation sites excluding steroid dienone is 5. The van der Waals surface area contributed by atoms with E-state index in [1.807, 2.05) is 52.1 Å². The number of methoxy groups -OCH3 is 3.